The second kappa shape index (κ2) is 5.45. The topological polar surface area (TPSA) is 31.2 Å². The van der Waals surface area contributed by atoms with E-state index in [4.69, 9.17) is 16.3 Å². The van der Waals surface area contributed by atoms with Gasteiger partial charge < -0.3 is 9.30 Å². The maximum Gasteiger partial charge on any atom is 0.355 e. The van der Waals surface area contributed by atoms with Crippen molar-refractivity contribution in [2.24, 2.45) is 7.05 Å². The van der Waals surface area contributed by atoms with Crippen LogP contribution in [0.2, 0.25) is 5.02 Å². The van der Waals surface area contributed by atoms with Crippen molar-refractivity contribution in [1.29, 1.82) is 0 Å². The summed E-state index contributed by atoms with van der Waals surface area (Å²) in [4.78, 5) is 11.9. The number of nitrogens with zero attached hydrogens (tertiary/aromatic N) is 1. The van der Waals surface area contributed by atoms with Gasteiger partial charge in [0.1, 0.15) is 18.1 Å². The summed E-state index contributed by atoms with van der Waals surface area (Å²) in [6, 6.07) is 7.51. The van der Waals surface area contributed by atoms with Crippen LogP contribution in [-0.2, 0) is 18.4 Å². The molecule has 0 N–H and O–H groups in total. The van der Waals surface area contributed by atoms with E-state index in [1.807, 2.05) is 13.0 Å². The summed E-state index contributed by atoms with van der Waals surface area (Å²) in [7, 11) is 1.79. The molecule has 0 spiro atoms. The molecule has 1 aromatic heterocycles. The van der Waals surface area contributed by atoms with E-state index in [0.717, 1.165) is 5.69 Å². The average molecular weight is 282 g/mol. The number of ether oxygens (including phenoxy) is 1. The lowest BCUT2D eigenvalue weighted by Crippen LogP contribution is -2.10. The number of carbonyl (C=O) groups is 1. The minimum absolute atomic E-state index is 0.0160. The molecule has 0 amide bonds. The molecule has 0 aliphatic heterocycles. The molecule has 2 rings (SSSR count). The summed E-state index contributed by atoms with van der Waals surface area (Å²) in [6.45, 7) is 1.91. The molecule has 3 nitrogen and oxygen atoms in total. The third kappa shape index (κ3) is 2.96. The Bertz CT molecular complexity index is 622. The maximum atomic E-state index is 12.9. The molecule has 0 fully saturated rings. The Morgan fingerprint density at radius 3 is 2.68 bits per heavy atom. The molecular weight excluding hydrogens is 269 g/mol. The summed E-state index contributed by atoms with van der Waals surface area (Å²) in [5, 5.41) is 0.246. The predicted octanol–water partition coefficient (Wildman–Crippen LogP) is 3.48. The van der Waals surface area contributed by atoms with Gasteiger partial charge in [0, 0.05) is 18.3 Å². The molecule has 5 heteroatoms. The monoisotopic (exact) mass is 281 g/mol. The average Bonchev–Trinajstić information content (AvgIpc) is 2.69. The van der Waals surface area contributed by atoms with Crippen LogP contribution in [0.15, 0.2) is 30.3 Å². The van der Waals surface area contributed by atoms with E-state index in [1.165, 1.54) is 18.2 Å². The van der Waals surface area contributed by atoms with E-state index in [9.17, 15) is 9.18 Å². The van der Waals surface area contributed by atoms with Gasteiger partial charge in [-0.1, -0.05) is 17.7 Å². The Hall–Kier alpha value is -1.81. The number of benzene rings is 1. The van der Waals surface area contributed by atoms with Gasteiger partial charge in [-0.05, 0) is 31.2 Å². The molecule has 0 atom stereocenters. The first kappa shape index (κ1) is 13.6. The van der Waals surface area contributed by atoms with Crippen LogP contribution < -0.4 is 0 Å². The number of aromatic nitrogens is 1. The maximum absolute atomic E-state index is 12.9. The number of hydrogen-bond acceptors (Lipinski definition) is 2. The zero-order valence-electron chi connectivity index (χ0n) is 10.6. The van der Waals surface area contributed by atoms with Gasteiger partial charge in [0.25, 0.3) is 0 Å². The van der Waals surface area contributed by atoms with Gasteiger partial charge in [0.2, 0.25) is 0 Å². The normalized spacial score (nSPS) is 10.5. The van der Waals surface area contributed by atoms with Crippen LogP contribution in [-0.4, -0.2) is 10.5 Å². The molecule has 2 aromatic rings. The highest BCUT2D eigenvalue weighted by Crippen LogP contribution is 2.18. The highest BCUT2D eigenvalue weighted by molar-refractivity contribution is 6.31. The van der Waals surface area contributed by atoms with Gasteiger partial charge in [-0.3, -0.25) is 0 Å². The Balaban J connectivity index is 2.06. The largest absolute Gasteiger partial charge is 0.456 e. The van der Waals surface area contributed by atoms with E-state index in [2.05, 4.69) is 0 Å². The Morgan fingerprint density at radius 1 is 1.37 bits per heavy atom. The molecule has 0 unspecified atom stereocenters. The number of halogens is 2. The fourth-order valence-electron chi connectivity index (χ4n) is 1.67. The van der Waals surface area contributed by atoms with Crippen LogP contribution in [0.4, 0.5) is 4.39 Å². The van der Waals surface area contributed by atoms with Crippen LogP contribution in [0, 0.1) is 12.7 Å². The van der Waals surface area contributed by atoms with E-state index < -0.39 is 11.8 Å². The molecule has 1 aromatic carbocycles. The van der Waals surface area contributed by atoms with Crippen molar-refractivity contribution in [2.75, 3.05) is 0 Å². The zero-order chi connectivity index (χ0) is 14.0. The highest BCUT2D eigenvalue weighted by Gasteiger charge is 2.13. The van der Waals surface area contributed by atoms with Crippen molar-refractivity contribution in [3.63, 3.8) is 0 Å². The fourth-order valence-corrected chi connectivity index (χ4v) is 1.90. The second-order valence-electron chi connectivity index (χ2n) is 4.23. The van der Waals surface area contributed by atoms with Crippen molar-refractivity contribution in [1.82, 2.24) is 4.57 Å². The lowest BCUT2D eigenvalue weighted by molar-refractivity contribution is 0.0461. The lowest BCUT2D eigenvalue weighted by atomic mass is 10.2. The molecule has 19 heavy (non-hydrogen) atoms. The minimum Gasteiger partial charge on any atom is -0.456 e. The molecule has 100 valence electrons. The van der Waals surface area contributed by atoms with Crippen molar-refractivity contribution < 1.29 is 13.9 Å². The van der Waals surface area contributed by atoms with Crippen molar-refractivity contribution in [2.45, 2.75) is 13.5 Å². The summed E-state index contributed by atoms with van der Waals surface area (Å²) >= 11 is 5.86. The molecule has 1 heterocycles. The zero-order valence-corrected chi connectivity index (χ0v) is 11.4. The number of esters is 1. The highest BCUT2D eigenvalue weighted by atomic mass is 35.5. The van der Waals surface area contributed by atoms with Crippen molar-refractivity contribution in [3.8, 4) is 0 Å². The summed E-state index contributed by atoms with van der Waals surface area (Å²) in [5.74, 6) is -0.853. The molecule has 0 aliphatic rings. The van der Waals surface area contributed by atoms with Crippen LogP contribution >= 0.6 is 11.6 Å². The number of carbonyl (C=O) groups excluding carboxylic acids is 1. The van der Waals surface area contributed by atoms with Crippen LogP contribution in [0.1, 0.15) is 21.7 Å². The molecular formula is C14H13ClFNO2. The van der Waals surface area contributed by atoms with Gasteiger partial charge in [0.05, 0.1) is 5.02 Å². The van der Waals surface area contributed by atoms with Gasteiger partial charge in [-0.2, -0.15) is 0 Å². The molecule has 0 saturated carbocycles. The SMILES string of the molecule is Cc1ccc(C(=O)OCc2ccc(F)cc2Cl)n1C. The molecule has 0 radical (unpaired) electrons. The van der Waals surface area contributed by atoms with E-state index in [1.54, 1.807) is 17.7 Å². The Labute approximate surface area is 115 Å². The third-order valence-corrected chi connectivity index (χ3v) is 3.31. The van der Waals surface area contributed by atoms with Gasteiger partial charge in [-0.25, -0.2) is 9.18 Å². The van der Waals surface area contributed by atoms with E-state index >= 15 is 0 Å². The third-order valence-electron chi connectivity index (χ3n) is 2.96. The van der Waals surface area contributed by atoms with E-state index in [-0.39, 0.29) is 11.6 Å². The number of rotatable bonds is 3. The Kier molecular flexibility index (Phi) is 3.90. The second-order valence-corrected chi connectivity index (χ2v) is 4.64. The summed E-state index contributed by atoms with van der Waals surface area (Å²) in [5.41, 5.74) is 2.00. The molecule has 0 bridgehead atoms. The first-order valence-electron chi connectivity index (χ1n) is 5.72. The summed E-state index contributed by atoms with van der Waals surface area (Å²) in [6.07, 6.45) is 0. The summed E-state index contributed by atoms with van der Waals surface area (Å²) < 4.78 is 19.8. The van der Waals surface area contributed by atoms with Crippen molar-refractivity contribution >= 4 is 17.6 Å². The number of aryl methyl sites for hydroxylation is 1. The molecule has 0 aliphatic carbocycles. The number of hydrogen-bond donors (Lipinski definition) is 0. The van der Waals surface area contributed by atoms with Crippen LogP contribution in [0.3, 0.4) is 0 Å². The first-order chi connectivity index (χ1) is 8.99. The lowest BCUT2D eigenvalue weighted by Gasteiger charge is -2.08. The quantitative estimate of drug-likeness (QED) is 0.807. The van der Waals surface area contributed by atoms with Crippen molar-refractivity contribution in [3.05, 3.63) is 58.1 Å². The van der Waals surface area contributed by atoms with Gasteiger partial charge in [-0.15, -0.1) is 0 Å². The minimum atomic E-state index is -0.434. The standard InChI is InChI=1S/C14H13ClFNO2/c1-9-3-6-13(17(9)2)14(18)19-8-10-4-5-11(16)7-12(10)15/h3-7H,8H2,1-2H3. The first-order valence-corrected chi connectivity index (χ1v) is 6.10. The predicted molar refractivity (Wildman–Crippen MR) is 70.7 cm³/mol. The fraction of sp³-hybridized carbons (Fsp3) is 0.214. The molecule has 0 saturated heterocycles. The van der Waals surface area contributed by atoms with Crippen LogP contribution in [0.25, 0.3) is 0 Å². The van der Waals surface area contributed by atoms with Gasteiger partial charge >= 0.3 is 5.97 Å². The van der Waals surface area contributed by atoms with E-state index in [0.29, 0.717) is 11.3 Å². The Morgan fingerprint density at radius 2 is 2.11 bits per heavy atom. The van der Waals surface area contributed by atoms with Gasteiger partial charge in [0.15, 0.2) is 0 Å². The van der Waals surface area contributed by atoms with Crippen LogP contribution in [0.5, 0.6) is 0 Å². The smallest absolute Gasteiger partial charge is 0.355 e.